The predicted molar refractivity (Wildman–Crippen MR) is 84.9 cm³/mol. The first kappa shape index (κ1) is 15.9. The van der Waals surface area contributed by atoms with Crippen molar-refractivity contribution in [3.63, 3.8) is 0 Å². The number of hydrogen-bond acceptors (Lipinski definition) is 4. The summed E-state index contributed by atoms with van der Waals surface area (Å²) in [5.74, 6) is 0. The maximum atomic E-state index is 5.72. The van der Waals surface area contributed by atoms with Gasteiger partial charge < -0.3 is 20.7 Å². The number of likely N-dealkylation sites (N-methyl/N-ethyl adjacent to an activating group) is 1. The largest absolute Gasteiger partial charge is 0.389 e. The van der Waals surface area contributed by atoms with Crippen LogP contribution in [0.2, 0.25) is 0 Å². The lowest BCUT2D eigenvalue weighted by Gasteiger charge is -2.13. The second kappa shape index (κ2) is 8.09. The molecular weight excluding hydrogens is 258 g/mol. The summed E-state index contributed by atoms with van der Waals surface area (Å²) in [6, 6.07) is 6.04. The topological polar surface area (TPSA) is 50.5 Å². The summed E-state index contributed by atoms with van der Waals surface area (Å²) in [7, 11) is 4.06. The van der Waals surface area contributed by atoms with Gasteiger partial charge in [0.25, 0.3) is 0 Å². The molecule has 3 N–H and O–H groups in total. The number of nitrogens with zero attached hydrogens (tertiary/aromatic N) is 1. The molecule has 1 aromatic carbocycles. The highest BCUT2D eigenvalue weighted by Gasteiger charge is 2.04. The molecule has 0 aliphatic rings. The van der Waals surface area contributed by atoms with Gasteiger partial charge in [-0.25, -0.2) is 0 Å². The predicted octanol–water partition coefficient (Wildman–Crippen LogP) is 1.62. The molecular formula is C14H23N3OS. The monoisotopic (exact) mass is 281 g/mol. The number of nitrogens with two attached hydrogens (primary N) is 1. The van der Waals surface area contributed by atoms with Gasteiger partial charge in [0.05, 0.1) is 13.2 Å². The molecule has 0 heterocycles. The summed E-state index contributed by atoms with van der Waals surface area (Å²) >= 11 is 5.06. The Bertz CT molecular complexity index is 421. The molecule has 0 bridgehead atoms. The lowest BCUT2D eigenvalue weighted by atomic mass is 10.1. The van der Waals surface area contributed by atoms with Crippen molar-refractivity contribution < 1.29 is 4.74 Å². The zero-order chi connectivity index (χ0) is 14.3. The van der Waals surface area contributed by atoms with Crippen LogP contribution >= 0.6 is 12.2 Å². The van der Waals surface area contributed by atoms with Crippen molar-refractivity contribution in [1.82, 2.24) is 4.90 Å². The van der Waals surface area contributed by atoms with Crippen LogP contribution < -0.4 is 11.1 Å². The van der Waals surface area contributed by atoms with Crippen LogP contribution in [0.15, 0.2) is 18.2 Å². The highest BCUT2D eigenvalue weighted by Crippen LogP contribution is 2.16. The van der Waals surface area contributed by atoms with E-state index in [1.165, 1.54) is 0 Å². The molecule has 0 spiro atoms. The lowest BCUT2D eigenvalue weighted by Crippen LogP contribution is -2.20. The fraction of sp³-hybridized carbons (Fsp3) is 0.500. The van der Waals surface area contributed by atoms with Crippen molar-refractivity contribution in [3.8, 4) is 0 Å². The minimum Gasteiger partial charge on any atom is -0.389 e. The number of nitrogens with one attached hydrogen (secondary N) is 1. The summed E-state index contributed by atoms with van der Waals surface area (Å²) in [5, 5.41) is 3.30. The molecule has 19 heavy (non-hydrogen) atoms. The fourth-order valence-electron chi connectivity index (χ4n) is 1.62. The van der Waals surface area contributed by atoms with Crippen molar-refractivity contribution in [2.75, 3.05) is 45.7 Å². The number of aryl methyl sites for hydroxylation is 1. The van der Waals surface area contributed by atoms with Crippen molar-refractivity contribution >= 4 is 22.9 Å². The first-order chi connectivity index (χ1) is 9.00. The third kappa shape index (κ3) is 6.00. The third-order valence-corrected chi connectivity index (χ3v) is 2.91. The highest BCUT2D eigenvalue weighted by atomic mass is 32.1. The minimum atomic E-state index is 0.416. The van der Waals surface area contributed by atoms with Crippen LogP contribution in [0.1, 0.15) is 11.1 Å². The van der Waals surface area contributed by atoms with Gasteiger partial charge in [-0.2, -0.15) is 0 Å². The molecule has 0 radical (unpaired) electrons. The van der Waals surface area contributed by atoms with Crippen molar-refractivity contribution in [1.29, 1.82) is 0 Å². The normalized spacial score (nSPS) is 10.7. The first-order valence-corrected chi connectivity index (χ1v) is 6.78. The van der Waals surface area contributed by atoms with E-state index in [1.54, 1.807) is 0 Å². The number of anilines is 1. The Balaban J connectivity index is 2.39. The van der Waals surface area contributed by atoms with E-state index in [9.17, 15) is 0 Å². The van der Waals surface area contributed by atoms with Gasteiger partial charge in [-0.3, -0.25) is 0 Å². The summed E-state index contributed by atoms with van der Waals surface area (Å²) in [6.07, 6.45) is 0. The van der Waals surface area contributed by atoms with Crippen LogP contribution in [0.25, 0.3) is 0 Å². The van der Waals surface area contributed by atoms with E-state index >= 15 is 0 Å². The van der Waals surface area contributed by atoms with Crippen LogP contribution in [-0.4, -0.2) is 50.3 Å². The third-order valence-electron chi connectivity index (χ3n) is 2.69. The van der Waals surface area contributed by atoms with E-state index in [0.717, 1.165) is 36.5 Å². The zero-order valence-electron chi connectivity index (χ0n) is 11.9. The zero-order valence-corrected chi connectivity index (χ0v) is 12.7. The Labute approximate surface area is 120 Å². The molecule has 0 atom stereocenters. The lowest BCUT2D eigenvalue weighted by molar-refractivity contribution is 0.126. The summed E-state index contributed by atoms with van der Waals surface area (Å²) in [5.41, 5.74) is 8.73. The Hall–Kier alpha value is -1.17. The highest BCUT2D eigenvalue weighted by molar-refractivity contribution is 7.80. The Morgan fingerprint density at radius 1 is 1.37 bits per heavy atom. The number of ether oxygens (including phenoxy) is 1. The Morgan fingerprint density at radius 2 is 2.11 bits per heavy atom. The fourth-order valence-corrected chi connectivity index (χ4v) is 1.79. The van der Waals surface area contributed by atoms with Gasteiger partial charge >= 0.3 is 0 Å². The van der Waals surface area contributed by atoms with E-state index in [0.29, 0.717) is 11.6 Å². The number of thiocarbonyl (C=S) groups is 1. The number of hydrogen-bond donors (Lipinski definition) is 2. The van der Waals surface area contributed by atoms with Crippen LogP contribution in [0.5, 0.6) is 0 Å². The van der Waals surface area contributed by atoms with E-state index in [1.807, 2.05) is 39.2 Å². The van der Waals surface area contributed by atoms with Gasteiger partial charge in [0.1, 0.15) is 4.99 Å². The second-order valence-corrected chi connectivity index (χ2v) is 5.20. The van der Waals surface area contributed by atoms with Crippen molar-refractivity contribution in [3.05, 3.63) is 29.3 Å². The second-order valence-electron chi connectivity index (χ2n) is 4.76. The van der Waals surface area contributed by atoms with E-state index in [4.69, 9.17) is 22.7 Å². The SMILES string of the molecule is Cc1ccc(NCCOCCN(C)C)c(C(N)=S)c1. The molecule has 0 aliphatic heterocycles. The van der Waals surface area contributed by atoms with Crippen LogP contribution in [-0.2, 0) is 4.74 Å². The minimum absolute atomic E-state index is 0.416. The molecule has 1 rings (SSSR count). The molecule has 4 nitrogen and oxygen atoms in total. The first-order valence-electron chi connectivity index (χ1n) is 6.37. The molecule has 0 saturated carbocycles. The smallest absolute Gasteiger partial charge is 0.106 e. The molecule has 0 fully saturated rings. The van der Waals surface area contributed by atoms with Crippen LogP contribution in [0.3, 0.4) is 0 Å². The molecule has 106 valence electrons. The van der Waals surface area contributed by atoms with Crippen LogP contribution in [0, 0.1) is 6.92 Å². The van der Waals surface area contributed by atoms with Gasteiger partial charge in [0.15, 0.2) is 0 Å². The Kier molecular flexibility index (Phi) is 6.77. The van der Waals surface area contributed by atoms with Gasteiger partial charge in [0.2, 0.25) is 0 Å². The average molecular weight is 281 g/mol. The van der Waals surface area contributed by atoms with E-state index < -0.39 is 0 Å². The van der Waals surface area contributed by atoms with E-state index in [-0.39, 0.29) is 0 Å². The molecule has 0 aromatic heterocycles. The molecule has 0 amide bonds. The van der Waals surface area contributed by atoms with Crippen molar-refractivity contribution in [2.24, 2.45) is 5.73 Å². The van der Waals surface area contributed by atoms with E-state index in [2.05, 4.69) is 10.2 Å². The molecule has 5 heteroatoms. The molecule has 1 aromatic rings. The maximum absolute atomic E-state index is 5.72. The number of rotatable bonds is 8. The van der Waals surface area contributed by atoms with Gasteiger partial charge in [-0.05, 0) is 33.2 Å². The quantitative estimate of drug-likeness (QED) is 0.560. The average Bonchev–Trinajstić information content (AvgIpc) is 2.34. The van der Waals surface area contributed by atoms with Crippen molar-refractivity contribution in [2.45, 2.75) is 6.92 Å². The standard InChI is InChI=1S/C14H23N3OS/c1-11-4-5-13(12(10-11)14(15)19)16-6-8-18-9-7-17(2)3/h4-5,10,16H,6-9H2,1-3H3,(H2,15,19). The molecule has 0 unspecified atom stereocenters. The molecule has 0 aliphatic carbocycles. The van der Waals surface area contributed by atoms with Gasteiger partial charge in [0, 0.05) is 24.3 Å². The molecule has 0 saturated heterocycles. The summed E-state index contributed by atoms with van der Waals surface area (Å²) in [6.45, 7) is 5.11. The summed E-state index contributed by atoms with van der Waals surface area (Å²) < 4.78 is 5.52. The summed E-state index contributed by atoms with van der Waals surface area (Å²) in [4.78, 5) is 2.51. The van der Waals surface area contributed by atoms with Crippen LogP contribution in [0.4, 0.5) is 5.69 Å². The van der Waals surface area contributed by atoms with Gasteiger partial charge in [-0.1, -0.05) is 23.8 Å². The Morgan fingerprint density at radius 3 is 2.74 bits per heavy atom. The maximum Gasteiger partial charge on any atom is 0.106 e. The number of benzene rings is 1. The van der Waals surface area contributed by atoms with Gasteiger partial charge in [-0.15, -0.1) is 0 Å².